The van der Waals surface area contributed by atoms with E-state index >= 15 is 0 Å². The van der Waals surface area contributed by atoms with Crippen LogP contribution in [0, 0.1) is 0 Å². The fraction of sp³-hybridized carbons (Fsp3) is 0.100. The second kappa shape index (κ2) is 8.65. The highest BCUT2D eigenvalue weighted by Gasteiger charge is 2.06. The van der Waals surface area contributed by atoms with Crippen LogP contribution in [0.25, 0.3) is 0 Å². The lowest BCUT2D eigenvalue weighted by Crippen LogP contribution is -2.19. The number of rotatable bonds is 6. The average molecular weight is 367 g/mol. The van der Waals surface area contributed by atoms with Gasteiger partial charge in [0, 0.05) is 21.1 Å². The van der Waals surface area contributed by atoms with Crippen LogP contribution in [0.4, 0.5) is 0 Å². The number of thiophene rings is 1. The van der Waals surface area contributed by atoms with Crippen LogP contribution in [0.1, 0.15) is 27.7 Å². The van der Waals surface area contributed by atoms with Crippen LogP contribution < -0.4 is 5.43 Å². The van der Waals surface area contributed by atoms with Crippen molar-refractivity contribution < 1.29 is 4.79 Å². The Morgan fingerprint density at radius 3 is 2.48 bits per heavy atom. The van der Waals surface area contributed by atoms with E-state index in [9.17, 15) is 4.79 Å². The fourth-order valence-electron chi connectivity index (χ4n) is 2.17. The molecular formula is C20H18N2OS2. The van der Waals surface area contributed by atoms with Crippen LogP contribution in [0.15, 0.2) is 82.1 Å². The van der Waals surface area contributed by atoms with Gasteiger partial charge in [-0.3, -0.25) is 4.79 Å². The van der Waals surface area contributed by atoms with Gasteiger partial charge in [-0.25, -0.2) is 5.43 Å². The van der Waals surface area contributed by atoms with Crippen molar-refractivity contribution in [2.75, 3.05) is 0 Å². The SMILES string of the molecule is C/C(=N/NC(=O)c1ccc(CSc2ccccc2)cc1)c1cccs1. The maximum atomic E-state index is 12.2. The Morgan fingerprint density at radius 1 is 1.04 bits per heavy atom. The molecule has 0 saturated heterocycles. The van der Waals surface area contributed by atoms with Crippen LogP contribution in [0.3, 0.4) is 0 Å². The standard InChI is InChI=1S/C20H18N2OS2/c1-15(19-8-5-13-24-19)21-22-20(23)17-11-9-16(10-12-17)14-25-18-6-3-2-4-7-18/h2-13H,14H2,1H3,(H,22,23)/b21-15-. The third-order valence-electron chi connectivity index (χ3n) is 3.57. The molecule has 0 atom stereocenters. The quantitative estimate of drug-likeness (QED) is 0.370. The average Bonchev–Trinajstić information content (AvgIpc) is 3.20. The molecule has 1 heterocycles. The van der Waals surface area contributed by atoms with Crippen molar-refractivity contribution in [3.8, 4) is 0 Å². The largest absolute Gasteiger partial charge is 0.271 e. The van der Waals surface area contributed by atoms with Gasteiger partial charge in [0.05, 0.1) is 5.71 Å². The minimum atomic E-state index is -0.196. The van der Waals surface area contributed by atoms with Crippen molar-refractivity contribution in [1.82, 2.24) is 5.43 Å². The Labute approximate surface area is 155 Å². The summed E-state index contributed by atoms with van der Waals surface area (Å²) in [6, 6.07) is 21.9. The summed E-state index contributed by atoms with van der Waals surface area (Å²) in [6.45, 7) is 1.88. The van der Waals surface area contributed by atoms with Crippen molar-refractivity contribution in [2.45, 2.75) is 17.6 Å². The van der Waals surface area contributed by atoms with Crippen molar-refractivity contribution in [3.63, 3.8) is 0 Å². The molecule has 0 aliphatic carbocycles. The first-order chi connectivity index (χ1) is 12.2. The van der Waals surface area contributed by atoms with Gasteiger partial charge in [0.25, 0.3) is 5.91 Å². The van der Waals surface area contributed by atoms with Gasteiger partial charge in [-0.15, -0.1) is 23.1 Å². The molecule has 0 aliphatic rings. The lowest BCUT2D eigenvalue weighted by molar-refractivity contribution is 0.0955. The molecule has 0 aliphatic heterocycles. The van der Waals surface area contributed by atoms with E-state index in [4.69, 9.17) is 0 Å². The van der Waals surface area contributed by atoms with Gasteiger partial charge < -0.3 is 0 Å². The molecule has 3 aromatic rings. The second-order valence-corrected chi connectivity index (χ2v) is 7.41. The molecule has 1 aromatic heterocycles. The Morgan fingerprint density at radius 2 is 1.80 bits per heavy atom. The van der Waals surface area contributed by atoms with Crippen molar-refractivity contribution >= 4 is 34.7 Å². The molecule has 0 bridgehead atoms. The van der Waals surface area contributed by atoms with E-state index in [0.717, 1.165) is 16.3 Å². The number of hydrogen-bond donors (Lipinski definition) is 1. The first kappa shape index (κ1) is 17.5. The summed E-state index contributed by atoms with van der Waals surface area (Å²) in [7, 11) is 0. The molecule has 0 spiro atoms. The van der Waals surface area contributed by atoms with Gasteiger partial charge in [-0.2, -0.15) is 5.10 Å². The summed E-state index contributed by atoms with van der Waals surface area (Å²) in [4.78, 5) is 14.5. The molecule has 2 aromatic carbocycles. The van der Waals surface area contributed by atoms with Crippen LogP contribution in [0.5, 0.6) is 0 Å². The normalized spacial score (nSPS) is 11.3. The zero-order valence-corrected chi connectivity index (χ0v) is 15.4. The van der Waals surface area contributed by atoms with Crippen LogP contribution in [-0.4, -0.2) is 11.6 Å². The molecule has 3 rings (SSSR count). The number of thioether (sulfide) groups is 1. The van der Waals surface area contributed by atoms with Gasteiger partial charge in [-0.1, -0.05) is 36.4 Å². The first-order valence-corrected chi connectivity index (χ1v) is 9.74. The van der Waals surface area contributed by atoms with E-state index in [1.807, 2.05) is 66.9 Å². The topological polar surface area (TPSA) is 41.5 Å². The molecular weight excluding hydrogens is 348 g/mol. The number of nitrogens with one attached hydrogen (secondary N) is 1. The molecule has 1 N–H and O–H groups in total. The van der Waals surface area contributed by atoms with Crippen LogP contribution >= 0.6 is 23.1 Å². The monoisotopic (exact) mass is 366 g/mol. The molecule has 0 unspecified atom stereocenters. The summed E-state index contributed by atoms with van der Waals surface area (Å²) in [5.41, 5.74) is 5.21. The first-order valence-electron chi connectivity index (χ1n) is 7.87. The number of carbonyl (C=O) groups excluding carboxylic acids is 1. The van der Waals surface area contributed by atoms with Gasteiger partial charge in [0.2, 0.25) is 0 Å². The predicted octanol–water partition coefficient (Wildman–Crippen LogP) is 5.19. The lowest BCUT2D eigenvalue weighted by atomic mass is 10.1. The van der Waals surface area contributed by atoms with E-state index in [2.05, 4.69) is 22.7 Å². The van der Waals surface area contributed by atoms with E-state index in [1.165, 1.54) is 10.5 Å². The second-order valence-electron chi connectivity index (χ2n) is 5.41. The number of benzene rings is 2. The van der Waals surface area contributed by atoms with Crippen molar-refractivity contribution in [2.24, 2.45) is 5.10 Å². The Bertz CT molecular complexity index is 841. The maximum Gasteiger partial charge on any atom is 0.271 e. The van der Waals surface area contributed by atoms with E-state index in [0.29, 0.717) is 5.56 Å². The number of hydrazone groups is 1. The van der Waals surface area contributed by atoms with E-state index in [1.54, 1.807) is 23.1 Å². The molecule has 5 heteroatoms. The number of nitrogens with zero attached hydrogens (tertiary/aromatic N) is 1. The summed E-state index contributed by atoms with van der Waals surface area (Å²) in [6.07, 6.45) is 0. The zero-order chi connectivity index (χ0) is 17.5. The molecule has 1 amide bonds. The third-order valence-corrected chi connectivity index (χ3v) is 5.63. The highest BCUT2D eigenvalue weighted by Crippen LogP contribution is 2.22. The maximum absolute atomic E-state index is 12.2. The number of carbonyl (C=O) groups is 1. The summed E-state index contributed by atoms with van der Waals surface area (Å²) < 4.78 is 0. The Kier molecular flexibility index (Phi) is 6.04. The van der Waals surface area contributed by atoms with Gasteiger partial charge in [0.15, 0.2) is 0 Å². The Balaban J connectivity index is 1.56. The summed E-state index contributed by atoms with van der Waals surface area (Å²) in [5, 5.41) is 6.15. The predicted molar refractivity (Wildman–Crippen MR) is 106 cm³/mol. The molecule has 0 radical (unpaired) electrons. The lowest BCUT2D eigenvalue weighted by Gasteiger charge is -2.04. The van der Waals surface area contributed by atoms with Gasteiger partial charge >= 0.3 is 0 Å². The minimum absolute atomic E-state index is 0.196. The Hall–Kier alpha value is -2.37. The van der Waals surface area contributed by atoms with Crippen LogP contribution in [-0.2, 0) is 5.75 Å². The smallest absolute Gasteiger partial charge is 0.267 e. The highest BCUT2D eigenvalue weighted by atomic mass is 32.2. The van der Waals surface area contributed by atoms with Gasteiger partial charge in [-0.05, 0) is 48.2 Å². The van der Waals surface area contributed by atoms with Crippen molar-refractivity contribution in [3.05, 3.63) is 88.1 Å². The highest BCUT2D eigenvalue weighted by molar-refractivity contribution is 7.98. The van der Waals surface area contributed by atoms with Gasteiger partial charge in [0.1, 0.15) is 0 Å². The van der Waals surface area contributed by atoms with E-state index < -0.39 is 0 Å². The fourth-order valence-corrected chi connectivity index (χ4v) is 3.73. The summed E-state index contributed by atoms with van der Waals surface area (Å²) >= 11 is 3.38. The zero-order valence-electron chi connectivity index (χ0n) is 13.8. The van der Waals surface area contributed by atoms with Crippen LogP contribution in [0.2, 0.25) is 0 Å². The third kappa shape index (κ3) is 5.05. The number of hydrogen-bond acceptors (Lipinski definition) is 4. The minimum Gasteiger partial charge on any atom is -0.267 e. The molecule has 0 fully saturated rings. The van der Waals surface area contributed by atoms with Crippen molar-refractivity contribution in [1.29, 1.82) is 0 Å². The molecule has 126 valence electrons. The molecule has 3 nitrogen and oxygen atoms in total. The molecule has 25 heavy (non-hydrogen) atoms. The number of amides is 1. The summed E-state index contributed by atoms with van der Waals surface area (Å²) in [5.74, 6) is 0.680. The molecule has 0 saturated carbocycles. The van der Waals surface area contributed by atoms with E-state index in [-0.39, 0.29) is 5.91 Å².